The van der Waals surface area contributed by atoms with Crippen molar-refractivity contribution in [3.05, 3.63) is 61.4 Å². The Hall–Kier alpha value is -3.40. The molecule has 0 radical (unpaired) electrons. The molecule has 4 aromatic rings. The van der Waals surface area contributed by atoms with E-state index >= 15 is 0 Å². The number of aryl methyl sites for hydroxylation is 1. The highest BCUT2D eigenvalue weighted by atomic mass is 16.5. The average molecular weight is 486 g/mol. The standard InChI is InChI=1S/C27H31N7O2/c1-32-16-23(14-30-32)20-3-2-4-21(11-20)27-28-12-22(13-29-27)24-15-31-34(18-24)26-5-8-36-19-25(26)17-33-6-9-35-10-7-33/h2-4,11-16,18,25-26H,5-10,17,19H2,1H3. The molecule has 0 aliphatic carbocycles. The van der Waals surface area contributed by atoms with Crippen LogP contribution in [0.25, 0.3) is 33.6 Å². The van der Waals surface area contributed by atoms with E-state index in [1.807, 2.05) is 50.2 Å². The zero-order chi connectivity index (χ0) is 24.3. The summed E-state index contributed by atoms with van der Waals surface area (Å²) >= 11 is 0. The molecular formula is C27H31N7O2. The maximum atomic E-state index is 5.84. The quantitative estimate of drug-likeness (QED) is 0.414. The molecule has 9 heteroatoms. The van der Waals surface area contributed by atoms with E-state index in [0.717, 1.165) is 80.3 Å². The van der Waals surface area contributed by atoms with E-state index in [4.69, 9.17) is 14.6 Å². The Labute approximate surface area is 210 Å². The van der Waals surface area contributed by atoms with E-state index in [-0.39, 0.29) is 0 Å². The third kappa shape index (κ3) is 4.95. The minimum atomic E-state index is 0.325. The largest absolute Gasteiger partial charge is 0.381 e. The Morgan fingerprint density at radius 2 is 1.61 bits per heavy atom. The molecule has 0 spiro atoms. The van der Waals surface area contributed by atoms with Crippen molar-refractivity contribution in [2.75, 3.05) is 46.1 Å². The number of hydrogen-bond acceptors (Lipinski definition) is 7. The molecule has 2 fully saturated rings. The smallest absolute Gasteiger partial charge is 0.159 e. The molecule has 9 nitrogen and oxygen atoms in total. The van der Waals surface area contributed by atoms with E-state index in [1.54, 1.807) is 4.68 Å². The first-order chi connectivity index (χ1) is 17.7. The van der Waals surface area contributed by atoms with Crippen LogP contribution in [-0.2, 0) is 16.5 Å². The Kier molecular flexibility index (Phi) is 6.59. The maximum absolute atomic E-state index is 5.84. The minimum absolute atomic E-state index is 0.325. The molecule has 186 valence electrons. The van der Waals surface area contributed by atoms with Crippen molar-refractivity contribution in [2.24, 2.45) is 13.0 Å². The van der Waals surface area contributed by atoms with Crippen molar-refractivity contribution in [1.29, 1.82) is 0 Å². The minimum Gasteiger partial charge on any atom is -0.381 e. The molecule has 6 rings (SSSR count). The SMILES string of the molecule is Cn1cc(-c2cccc(-c3ncc(-c4cnn(C5CCOCC5CN5CCOCC5)c4)cn3)c2)cn1. The summed E-state index contributed by atoms with van der Waals surface area (Å²) in [5.74, 6) is 1.11. The number of nitrogens with zero attached hydrogens (tertiary/aromatic N) is 7. The Morgan fingerprint density at radius 3 is 2.42 bits per heavy atom. The highest BCUT2D eigenvalue weighted by molar-refractivity contribution is 5.70. The third-order valence-corrected chi connectivity index (χ3v) is 7.12. The van der Waals surface area contributed by atoms with Gasteiger partial charge in [0, 0.05) is 86.2 Å². The van der Waals surface area contributed by atoms with Gasteiger partial charge in [-0.1, -0.05) is 18.2 Å². The number of benzene rings is 1. The van der Waals surface area contributed by atoms with Gasteiger partial charge in [0.05, 0.1) is 38.3 Å². The highest BCUT2D eigenvalue weighted by Gasteiger charge is 2.30. The van der Waals surface area contributed by atoms with Gasteiger partial charge >= 0.3 is 0 Å². The lowest BCUT2D eigenvalue weighted by atomic mass is 9.95. The molecule has 0 amide bonds. The van der Waals surface area contributed by atoms with Crippen LogP contribution in [-0.4, -0.2) is 80.5 Å². The fourth-order valence-electron chi connectivity index (χ4n) is 5.13. The monoisotopic (exact) mass is 485 g/mol. The second-order valence-electron chi connectivity index (χ2n) is 9.59. The van der Waals surface area contributed by atoms with Gasteiger partial charge in [-0.05, 0) is 18.1 Å². The van der Waals surface area contributed by atoms with Crippen LogP contribution in [0.15, 0.2) is 61.4 Å². The lowest BCUT2D eigenvalue weighted by Gasteiger charge is -2.36. The zero-order valence-corrected chi connectivity index (χ0v) is 20.5. The van der Waals surface area contributed by atoms with Gasteiger partial charge in [0.15, 0.2) is 5.82 Å². The number of hydrogen-bond donors (Lipinski definition) is 0. The molecule has 2 unspecified atom stereocenters. The molecule has 0 bridgehead atoms. The van der Waals surface area contributed by atoms with E-state index in [0.29, 0.717) is 17.8 Å². The topological polar surface area (TPSA) is 83.1 Å². The average Bonchev–Trinajstić information content (AvgIpc) is 3.60. The number of rotatable bonds is 6. The van der Waals surface area contributed by atoms with Gasteiger partial charge in [-0.2, -0.15) is 10.2 Å². The van der Waals surface area contributed by atoms with Crippen molar-refractivity contribution in [3.63, 3.8) is 0 Å². The summed E-state index contributed by atoms with van der Waals surface area (Å²) in [5, 5.41) is 9.01. The van der Waals surface area contributed by atoms with E-state index < -0.39 is 0 Å². The summed E-state index contributed by atoms with van der Waals surface area (Å²) in [5.41, 5.74) is 5.14. The second-order valence-corrected chi connectivity index (χ2v) is 9.59. The van der Waals surface area contributed by atoms with Gasteiger partial charge in [-0.25, -0.2) is 9.97 Å². The second kappa shape index (κ2) is 10.3. The van der Waals surface area contributed by atoms with E-state index in [2.05, 4.69) is 43.0 Å². The highest BCUT2D eigenvalue weighted by Crippen LogP contribution is 2.30. The van der Waals surface area contributed by atoms with Gasteiger partial charge in [-0.3, -0.25) is 14.3 Å². The van der Waals surface area contributed by atoms with Crippen molar-refractivity contribution in [1.82, 2.24) is 34.4 Å². The van der Waals surface area contributed by atoms with Crippen LogP contribution >= 0.6 is 0 Å². The molecule has 5 heterocycles. The molecule has 36 heavy (non-hydrogen) atoms. The first kappa shape index (κ1) is 23.0. The molecule has 0 saturated carbocycles. The van der Waals surface area contributed by atoms with Crippen LogP contribution in [0.1, 0.15) is 12.5 Å². The fourth-order valence-corrected chi connectivity index (χ4v) is 5.13. The van der Waals surface area contributed by atoms with Crippen LogP contribution in [0.5, 0.6) is 0 Å². The summed E-state index contributed by atoms with van der Waals surface area (Å²) in [4.78, 5) is 11.8. The van der Waals surface area contributed by atoms with Crippen LogP contribution in [0.4, 0.5) is 0 Å². The Bertz CT molecular complexity index is 1290. The molecule has 2 aliphatic heterocycles. The first-order valence-electron chi connectivity index (χ1n) is 12.6. The van der Waals surface area contributed by atoms with Crippen LogP contribution in [0.3, 0.4) is 0 Å². The van der Waals surface area contributed by atoms with Crippen LogP contribution in [0, 0.1) is 5.92 Å². The van der Waals surface area contributed by atoms with Crippen molar-refractivity contribution in [3.8, 4) is 33.6 Å². The normalized spacial score (nSPS) is 21.0. The van der Waals surface area contributed by atoms with Gasteiger partial charge in [-0.15, -0.1) is 0 Å². The number of morpholine rings is 1. The van der Waals surface area contributed by atoms with Gasteiger partial charge in [0.25, 0.3) is 0 Å². The molecule has 3 aromatic heterocycles. The Morgan fingerprint density at radius 1 is 0.833 bits per heavy atom. The summed E-state index contributed by atoms with van der Waals surface area (Å²) in [6.45, 7) is 6.16. The molecule has 2 atom stereocenters. The summed E-state index contributed by atoms with van der Waals surface area (Å²) in [6, 6.07) is 8.56. The third-order valence-electron chi connectivity index (χ3n) is 7.12. The number of ether oxygens (including phenoxy) is 2. The first-order valence-corrected chi connectivity index (χ1v) is 12.6. The van der Waals surface area contributed by atoms with Gasteiger partial charge < -0.3 is 9.47 Å². The summed E-state index contributed by atoms with van der Waals surface area (Å²) in [7, 11) is 1.92. The van der Waals surface area contributed by atoms with E-state index in [1.165, 1.54) is 0 Å². The summed E-state index contributed by atoms with van der Waals surface area (Å²) < 4.78 is 15.3. The lowest BCUT2D eigenvalue weighted by molar-refractivity contribution is -0.0198. The Balaban J connectivity index is 1.18. The fraction of sp³-hybridized carbons (Fsp3) is 0.407. The predicted octanol–water partition coefficient (Wildman–Crippen LogP) is 3.32. The summed E-state index contributed by atoms with van der Waals surface area (Å²) in [6.07, 6.45) is 12.7. The van der Waals surface area contributed by atoms with Gasteiger partial charge in [0.1, 0.15) is 0 Å². The zero-order valence-electron chi connectivity index (χ0n) is 20.5. The molecule has 2 saturated heterocycles. The van der Waals surface area contributed by atoms with Crippen LogP contribution < -0.4 is 0 Å². The van der Waals surface area contributed by atoms with E-state index in [9.17, 15) is 0 Å². The predicted molar refractivity (Wildman–Crippen MR) is 136 cm³/mol. The molecular weight excluding hydrogens is 454 g/mol. The van der Waals surface area contributed by atoms with Gasteiger partial charge in [0.2, 0.25) is 0 Å². The van der Waals surface area contributed by atoms with Crippen molar-refractivity contribution < 1.29 is 9.47 Å². The molecule has 0 N–H and O–H groups in total. The van der Waals surface area contributed by atoms with Crippen molar-refractivity contribution >= 4 is 0 Å². The number of aromatic nitrogens is 6. The van der Waals surface area contributed by atoms with Crippen molar-refractivity contribution in [2.45, 2.75) is 12.5 Å². The molecule has 2 aliphatic rings. The molecule has 1 aromatic carbocycles. The maximum Gasteiger partial charge on any atom is 0.159 e. The van der Waals surface area contributed by atoms with Crippen LogP contribution in [0.2, 0.25) is 0 Å². The lowest BCUT2D eigenvalue weighted by Crippen LogP contribution is -2.44.